The number of aliphatic hydroxyl groups is 1. The van der Waals surface area contributed by atoms with Crippen LogP contribution >= 0.6 is 23.1 Å². The molecule has 0 aliphatic heterocycles. The fraction of sp³-hybridized carbons (Fsp3) is 0.357. The molecule has 6 nitrogen and oxygen atoms in total. The quantitative estimate of drug-likeness (QED) is 0.583. The summed E-state index contributed by atoms with van der Waals surface area (Å²) in [6, 6.07) is 4.96. The maximum absolute atomic E-state index is 11.3. The Morgan fingerprint density at radius 3 is 2.91 bits per heavy atom. The molecule has 1 aromatic carbocycles. The third kappa shape index (κ3) is 4.69. The molecular weight excluding hydrogens is 324 g/mol. The van der Waals surface area contributed by atoms with Crippen LogP contribution in [-0.2, 0) is 0 Å². The van der Waals surface area contributed by atoms with Gasteiger partial charge in [0.2, 0.25) is 0 Å². The molecule has 22 heavy (non-hydrogen) atoms. The van der Waals surface area contributed by atoms with Crippen molar-refractivity contribution >= 4 is 28.9 Å². The molecular formula is C14H16N2O4S2. The second-order valence-corrected chi connectivity index (χ2v) is 6.50. The van der Waals surface area contributed by atoms with Gasteiger partial charge in [-0.05, 0) is 25.1 Å². The third-order valence-corrected chi connectivity index (χ3v) is 4.75. The number of Topliss-reactive ketones (excluding diaryl/α,β-unsaturated/α-hetero) is 1. The summed E-state index contributed by atoms with van der Waals surface area (Å²) < 4.78 is 11.6. The normalized spacial score (nSPS) is 12.0. The smallest absolute Gasteiger partial charge is 0.174 e. The molecule has 0 saturated carbocycles. The van der Waals surface area contributed by atoms with Crippen molar-refractivity contribution in [3.63, 3.8) is 0 Å². The summed E-state index contributed by atoms with van der Waals surface area (Å²) in [4.78, 5) is 11.3. The van der Waals surface area contributed by atoms with Gasteiger partial charge in [0, 0.05) is 11.3 Å². The van der Waals surface area contributed by atoms with Gasteiger partial charge in [0.15, 0.2) is 21.6 Å². The summed E-state index contributed by atoms with van der Waals surface area (Å²) in [5.74, 6) is 1.38. The molecule has 0 amide bonds. The van der Waals surface area contributed by atoms with Gasteiger partial charge in [-0.3, -0.25) is 4.79 Å². The topological polar surface area (TPSA) is 81.5 Å². The SMILES string of the molecule is COc1cc(C(C)=O)ccc1OCC(O)CSc1nncs1. The fourth-order valence-corrected chi connectivity index (χ4v) is 3.05. The van der Waals surface area contributed by atoms with Crippen LogP contribution in [0.5, 0.6) is 11.5 Å². The minimum atomic E-state index is -0.647. The fourth-order valence-electron chi connectivity index (χ4n) is 1.63. The van der Waals surface area contributed by atoms with Crippen LogP contribution in [0.3, 0.4) is 0 Å². The molecule has 0 bridgehead atoms. The highest BCUT2D eigenvalue weighted by Gasteiger charge is 2.12. The van der Waals surface area contributed by atoms with Crippen LogP contribution in [0.4, 0.5) is 0 Å². The Balaban J connectivity index is 1.88. The number of carbonyl (C=O) groups is 1. The Bertz CT molecular complexity index is 619. The minimum absolute atomic E-state index is 0.0432. The zero-order valence-electron chi connectivity index (χ0n) is 12.2. The van der Waals surface area contributed by atoms with Crippen LogP contribution in [0.25, 0.3) is 0 Å². The van der Waals surface area contributed by atoms with E-state index in [-0.39, 0.29) is 12.4 Å². The number of ketones is 1. The lowest BCUT2D eigenvalue weighted by atomic mass is 10.1. The number of hydrogen-bond acceptors (Lipinski definition) is 8. The van der Waals surface area contributed by atoms with E-state index in [1.165, 1.54) is 37.1 Å². The van der Waals surface area contributed by atoms with Gasteiger partial charge in [0.1, 0.15) is 12.1 Å². The molecule has 0 saturated heterocycles. The molecule has 1 heterocycles. The predicted molar refractivity (Wildman–Crippen MR) is 85.1 cm³/mol. The van der Waals surface area contributed by atoms with Gasteiger partial charge in [-0.2, -0.15) is 0 Å². The molecule has 1 N–H and O–H groups in total. The molecule has 0 aliphatic carbocycles. The number of thioether (sulfide) groups is 1. The first-order valence-corrected chi connectivity index (χ1v) is 8.35. The predicted octanol–water partition coefficient (Wildman–Crippen LogP) is 2.28. The molecule has 1 aromatic heterocycles. The highest BCUT2D eigenvalue weighted by Crippen LogP contribution is 2.28. The van der Waals surface area contributed by atoms with Gasteiger partial charge < -0.3 is 14.6 Å². The molecule has 2 rings (SSSR count). The van der Waals surface area contributed by atoms with Crippen molar-refractivity contribution in [1.29, 1.82) is 0 Å². The van der Waals surface area contributed by atoms with E-state index in [1.54, 1.807) is 23.7 Å². The second kappa shape index (κ2) is 8.11. The molecule has 1 unspecified atom stereocenters. The number of methoxy groups -OCH3 is 1. The van der Waals surface area contributed by atoms with Gasteiger partial charge in [0.25, 0.3) is 0 Å². The van der Waals surface area contributed by atoms with Crippen molar-refractivity contribution in [2.24, 2.45) is 0 Å². The van der Waals surface area contributed by atoms with E-state index in [1.807, 2.05) is 0 Å². The summed E-state index contributed by atoms with van der Waals surface area (Å²) in [5.41, 5.74) is 2.20. The van der Waals surface area contributed by atoms with Crippen LogP contribution in [-0.4, -0.2) is 46.7 Å². The maximum atomic E-state index is 11.3. The standard InChI is InChI=1S/C14H16N2O4S2/c1-9(17)10-3-4-12(13(5-10)19-2)20-6-11(18)7-21-14-16-15-8-22-14/h3-5,8,11,18H,6-7H2,1-2H3. The summed E-state index contributed by atoms with van der Waals surface area (Å²) in [6.45, 7) is 1.62. The zero-order chi connectivity index (χ0) is 15.9. The van der Waals surface area contributed by atoms with E-state index >= 15 is 0 Å². The monoisotopic (exact) mass is 340 g/mol. The summed E-state index contributed by atoms with van der Waals surface area (Å²) in [5, 5.41) is 17.5. The van der Waals surface area contributed by atoms with Crippen LogP contribution in [0.2, 0.25) is 0 Å². The first kappa shape index (κ1) is 16.7. The van der Waals surface area contributed by atoms with E-state index in [0.717, 1.165) is 4.34 Å². The number of aliphatic hydroxyl groups excluding tert-OH is 1. The van der Waals surface area contributed by atoms with Crippen molar-refractivity contribution < 1.29 is 19.4 Å². The molecule has 1 atom stereocenters. The summed E-state index contributed by atoms with van der Waals surface area (Å²) >= 11 is 2.85. The molecule has 2 aromatic rings. The molecule has 118 valence electrons. The number of rotatable bonds is 8. The van der Waals surface area contributed by atoms with Crippen LogP contribution in [0.15, 0.2) is 28.0 Å². The average Bonchev–Trinajstić information content (AvgIpc) is 3.04. The number of ether oxygens (including phenoxy) is 2. The minimum Gasteiger partial charge on any atom is -0.493 e. The molecule has 0 radical (unpaired) electrons. The van der Waals surface area contributed by atoms with E-state index in [0.29, 0.717) is 22.8 Å². The van der Waals surface area contributed by atoms with Crippen LogP contribution in [0, 0.1) is 0 Å². The first-order valence-electron chi connectivity index (χ1n) is 6.49. The zero-order valence-corrected chi connectivity index (χ0v) is 13.8. The molecule has 8 heteroatoms. The Labute approximate surface area is 136 Å². The van der Waals surface area contributed by atoms with E-state index < -0.39 is 6.10 Å². The summed E-state index contributed by atoms with van der Waals surface area (Å²) in [6.07, 6.45) is -0.647. The molecule has 0 spiro atoms. The Morgan fingerprint density at radius 1 is 1.45 bits per heavy atom. The number of hydrogen-bond donors (Lipinski definition) is 1. The lowest BCUT2D eigenvalue weighted by Crippen LogP contribution is -2.20. The average molecular weight is 340 g/mol. The van der Waals surface area contributed by atoms with Crippen molar-refractivity contribution in [2.75, 3.05) is 19.5 Å². The van der Waals surface area contributed by atoms with E-state index in [4.69, 9.17) is 9.47 Å². The van der Waals surface area contributed by atoms with Gasteiger partial charge in [-0.1, -0.05) is 23.1 Å². The Kier molecular flexibility index (Phi) is 6.17. The van der Waals surface area contributed by atoms with E-state index in [2.05, 4.69) is 10.2 Å². The Morgan fingerprint density at radius 2 is 2.27 bits per heavy atom. The van der Waals surface area contributed by atoms with Crippen molar-refractivity contribution in [3.8, 4) is 11.5 Å². The molecule has 0 aliphatic rings. The number of benzene rings is 1. The van der Waals surface area contributed by atoms with Crippen molar-refractivity contribution in [3.05, 3.63) is 29.3 Å². The lowest BCUT2D eigenvalue weighted by molar-refractivity contribution is 0.101. The van der Waals surface area contributed by atoms with Gasteiger partial charge in [0.05, 0.1) is 13.2 Å². The summed E-state index contributed by atoms with van der Waals surface area (Å²) in [7, 11) is 1.51. The third-order valence-electron chi connectivity index (χ3n) is 2.74. The highest BCUT2D eigenvalue weighted by molar-refractivity contribution is 8.01. The van der Waals surface area contributed by atoms with Crippen molar-refractivity contribution in [1.82, 2.24) is 10.2 Å². The largest absolute Gasteiger partial charge is 0.493 e. The van der Waals surface area contributed by atoms with Crippen LogP contribution < -0.4 is 9.47 Å². The Hall–Kier alpha value is -1.64. The van der Waals surface area contributed by atoms with Gasteiger partial charge in [-0.15, -0.1) is 10.2 Å². The van der Waals surface area contributed by atoms with Crippen LogP contribution in [0.1, 0.15) is 17.3 Å². The maximum Gasteiger partial charge on any atom is 0.174 e. The van der Waals surface area contributed by atoms with Gasteiger partial charge in [-0.25, -0.2) is 0 Å². The van der Waals surface area contributed by atoms with E-state index in [9.17, 15) is 9.90 Å². The van der Waals surface area contributed by atoms with Gasteiger partial charge >= 0.3 is 0 Å². The molecule has 0 fully saturated rings. The number of aromatic nitrogens is 2. The number of carbonyl (C=O) groups excluding carboxylic acids is 1. The highest BCUT2D eigenvalue weighted by atomic mass is 32.2. The first-order chi connectivity index (χ1) is 10.6. The second-order valence-electron chi connectivity index (χ2n) is 4.40. The number of nitrogens with zero attached hydrogens (tertiary/aromatic N) is 2. The lowest BCUT2D eigenvalue weighted by Gasteiger charge is -2.14. The van der Waals surface area contributed by atoms with Crippen molar-refractivity contribution in [2.45, 2.75) is 17.4 Å².